The van der Waals surface area contributed by atoms with Gasteiger partial charge in [0.25, 0.3) is 0 Å². The van der Waals surface area contributed by atoms with E-state index in [1.54, 1.807) is 7.11 Å². The Hall–Kier alpha value is -0.690. The van der Waals surface area contributed by atoms with Gasteiger partial charge in [0.1, 0.15) is 5.60 Å². The maximum absolute atomic E-state index is 12.2. The number of carbonyl (C=O) groups is 1. The number of rotatable bonds is 4. The van der Waals surface area contributed by atoms with Gasteiger partial charge in [-0.25, -0.2) is 0 Å². The van der Waals surface area contributed by atoms with Crippen LogP contribution in [0.2, 0.25) is 0 Å². The first-order chi connectivity index (χ1) is 8.52. The molecule has 2 aliphatic rings. The summed E-state index contributed by atoms with van der Waals surface area (Å²) in [6.45, 7) is 4.28. The van der Waals surface area contributed by atoms with Crippen LogP contribution in [-0.4, -0.2) is 57.6 Å². The number of methoxy groups -OCH3 is 1. The van der Waals surface area contributed by atoms with Crippen molar-refractivity contribution >= 4 is 5.91 Å². The van der Waals surface area contributed by atoms with Gasteiger partial charge in [-0.2, -0.15) is 0 Å². The summed E-state index contributed by atoms with van der Waals surface area (Å²) >= 11 is 0. The van der Waals surface area contributed by atoms with E-state index in [4.69, 9.17) is 19.9 Å². The Morgan fingerprint density at radius 3 is 2.78 bits per heavy atom. The van der Waals surface area contributed by atoms with Crippen molar-refractivity contribution in [3.63, 3.8) is 0 Å². The van der Waals surface area contributed by atoms with E-state index >= 15 is 0 Å². The zero-order valence-corrected chi connectivity index (χ0v) is 11.0. The van der Waals surface area contributed by atoms with Gasteiger partial charge in [-0.15, -0.1) is 0 Å². The number of ether oxygens (including phenoxy) is 3. The number of nitrogens with one attached hydrogen (secondary N) is 1. The summed E-state index contributed by atoms with van der Waals surface area (Å²) in [5.74, 6) is -0.0733. The topological polar surface area (TPSA) is 82.8 Å². The van der Waals surface area contributed by atoms with E-state index < -0.39 is 11.0 Å². The Balaban J connectivity index is 1.91. The molecule has 0 radical (unpaired) electrons. The molecule has 0 saturated carbocycles. The van der Waals surface area contributed by atoms with Crippen molar-refractivity contribution < 1.29 is 19.0 Å². The van der Waals surface area contributed by atoms with Crippen molar-refractivity contribution in [2.75, 3.05) is 40.1 Å². The highest BCUT2D eigenvalue weighted by atomic mass is 16.5. The van der Waals surface area contributed by atoms with E-state index in [2.05, 4.69) is 5.32 Å². The SMILES string of the molecule is COC1(CNC(=O)C2(C)COCC2N)CCOC1. The van der Waals surface area contributed by atoms with Crippen LogP contribution in [0.5, 0.6) is 0 Å². The summed E-state index contributed by atoms with van der Waals surface area (Å²) in [7, 11) is 1.65. The summed E-state index contributed by atoms with van der Waals surface area (Å²) in [6.07, 6.45) is 0.795. The molecule has 2 aliphatic heterocycles. The van der Waals surface area contributed by atoms with Crippen LogP contribution in [-0.2, 0) is 19.0 Å². The van der Waals surface area contributed by atoms with Gasteiger partial charge in [0.15, 0.2) is 0 Å². The summed E-state index contributed by atoms with van der Waals surface area (Å²) < 4.78 is 16.1. The maximum atomic E-state index is 12.2. The summed E-state index contributed by atoms with van der Waals surface area (Å²) in [6, 6.07) is -0.254. The predicted molar refractivity (Wildman–Crippen MR) is 65.1 cm³/mol. The van der Waals surface area contributed by atoms with E-state index in [9.17, 15) is 4.79 Å². The summed E-state index contributed by atoms with van der Waals surface area (Å²) in [5, 5.41) is 2.93. The molecule has 2 rings (SSSR count). The van der Waals surface area contributed by atoms with E-state index in [-0.39, 0.29) is 11.9 Å². The predicted octanol–water partition coefficient (Wildman–Crippen LogP) is -0.728. The third kappa shape index (κ3) is 2.38. The first-order valence-corrected chi connectivity index (χ1v) is 6.27. The average molecular weight is 258 g/mol. The molecule has 0 aliphatic carbocycles. The number of amides is 1. The van der Waals surface area contributed by atoms with Crippen LogP contribution in [0, 0.1) is 5.41 Å². The Morgan fingerprint density at radius 2 is 2.28 bits per heavy atom. The van der Waals surface area contributed by atoms with Gasteiger partial charge in [-0.05, 0) is 6.92 Å². The molecule has 0 aromatic heterocycles. The highest BCUT2D eigenvalue weighted by Crippen LogP contribution is 2.28. The van der Waals surface area contributed by atoms with Crippen LogP contribution in [0.4, 0.5) is 0 Å². The molecule has 2 fully saturated rings. The second-order valence-corrected chi connectivity index (χ2v) is 5.41. The lowest BCUT2D eigenvalue weighted by molar-refractivity contribution is -0.132. The minimum atomic E-state index is -0.644. The monoisotopic (exact) mass is 258 g/mol. The third-order valence-corrected chi connectivity index (χ3v) is 4.11. The van der Waals surface area contributed by atoms with Crippen LogP contribution >= 0.6 is 0 Å². The van der Waals surface area contributed by atoms with Crippen LogP contribution in [0.15, 0.2) is 0 Å². The minimum absolute atomic E-state index is 0.0733. The molecular formula is C12H22N2O4. The summed E-state index contributed by atoms with van der Waals surface area (Å²) in [5.41, 5.74) is 4.88. The zero-order valence-electron chi connectivity index (χ0n) is 11.0. The lowest BCUT2D eigenvalue weighted by atomic mass is 9.84. The first kappa shape index (κ1) is 13.7. The average Bonchev–Trinajstić information content (AvgIpc) is 2.96. The molecule has 3 unspecified atom stereocenters. The van der Waals surface area contributed by atoms with Gasteiger partial charge < -0.3 is 25.3 Å². The number of hydrogen-bond acceptors (Lipinski definition) is 5. The molecule has 18 heavy (non-hydrogen) atoms. The van der Waals surface area contributed by atoms with Crippen molar-refractivity contribution in [3.05, 3.63) is 0 Å². The Kier molecular flexibility index (Phi) is 3.91. The lowest BCUT2D eigenvalue weighted by Crippen LogP contribution is -2.54. The lowest BCUT2D eigenvalue weighted by Gasteiger charge is -2.30. The molecule has 1 amide bonds. The molecule has 104 valence electrons. The van der Waals surface area contributed by atoms with Crippen LogP contribution in [0.25, 0.3) is 0 Å². The van der Waals surface area contributed by atoms with E-state index in [1.807, 2.05) is 6.92 Å². The van der Waals surface area contributed by atoms with E-state index in [0.29, 0.717) is 33.0 Å². The van der Waals surface area contributed by atoms with Gasteiger partial charge in [-0.3, -0.25) is 4.79 Å². The van der Waals surface area contributed by atoms with Crippen molar-refractivity contribution in [3.8, 4) is 0 Å². The minimum Gasteiger partial charge on any atom is -0.379 e. The second kappa shape index (κ2) is 5.13. The smallest absolute Gasteiger partial charge is 0.230 e. The quantitative estimate of drug-likeness (QED) is 0.695. The third-order valence-electron chi connectivity index (χ3n) is 4.11. The molecule has 0 bridgehead atoms. The highest BCUT2D eigenvalue weighted by Gasteiger charge is 2.45. The van der Waals surface area contributed by atoms with Crippen molar-refractivity contribution in [2.24, 2.45) is 11.1 Å². The first-order valence-electron chi connectivity index (χ1n) is 6.27. The highest BCUT2D eigenvalue weighted by molar-refractivity contribution is 5.83. The second-order valence-electron chi connectivity index (χ2n) is 5.41. The Morgan fingerprint density at radius 1 is 1.50 bits per heavy atom. The molecule has 0 aromatic rings. The molecule has 3 atom stereocenters. The van der Waals surface area contributed by atoms with Gasteiger partial charge >= 0.3 is 0 Å². The molecule has 2 heterocycles. The number of carbonyl (C=O) groups excluding carboxylic acids is 1. The number of nitrogens with two attached hydrogens (primary N) is 1. The van der Waals surface area contributed by atoms with Crippen molar-refractivity contribution in [1.29, 1.82) is 0 Å². The molecule has 2 saturated heterocycles. The Bertz CT molecular complexity index is 317. The standard InChI is InChI=1S/C12H22N2O4/c1-11(7-18-5-9(11)13)10(15)14-6-12(16-2)3-4-17-8-12/h9H,3-8,13H2,1-2H3,(H,14,15). The normalized spacial score (nSPS) is 40.1. The fourth-order valence-electron chi connectivity index (χ4n) is 2.33. The molecule has 0 aromatic carbocycles. The molecule has 0 spiro atoms. The fourth-order valence-corrected chi connectivity index (χ4v) is 2.33. The van der Waals surface area contributed by atoms with Crippen molar-refractivity contribution in [2.45, 2.75) is 25.0 Å². The largest absolute Gasteiger partial charge is 0.379 e. The van der Waals surface area contributed by atoms with Gasteiger partial charge in [0.2, 0.25) is 5.91 Å². The maximum Gasteiger partial charge on any atom is 0.230 e. The van der Waals surface area contributed by atoms with Gasteiger partial charge in [0, 0.05) is 32.7 Å². The van der Waals surface area contributed by atoms with E-state index in [1.165, 1.54) is 0 Å². The van der Waals surface area contributed by atoms with Crippen LogP contribution in [0.3, 0.4) is 0 Å². The van der Waals surface area contributed by atoms with Crippen LogP contribution < -0.4 is 11.1 Å². The molecular weight excluding hydrogens is 236 g/mol. The number of hydrogen-bond donors (Lipinski definition) is 2. The molecule has 3 N–H and O–H groups in total. The molecule has 6 heteroatoms. The van der Waals surface area contributed by atoms with Crippen molar-refractivity contribution in [1.82, 2.24) is 5.32 Å². The molecule has 6 nitrogen and oxygen atoms in total. The van der Waals surface area contributed by atoms with Gasteiger partial charge in [-0.1, -0.05) is 0 Å². The fraction of sp³-hybridized carbons (Fsp3) is 0.917. The zero-order chi connectivity index (χ0) is 13.2. The van der Waals surface area contributed by atoms with Gasteiger partial charge in [0.05, 0.1) is 25.2 Å². The van der Waals surface area contributed by atoms with Crippen LogP contribution in [0.1, 0.15) is 13.3 Å². The Labute approximate surface area is 107 Å². The summed E-state index contributed by atoms with van der Waals surface area (Å²) in [4.78, 5) is 12.2. The van der Waals surface area contributed by atoms with E-state index in [0.717, 1.165) is 6.42 Å².